The first-order chi connectivity index (χ1) is 18.7. The zero-order chi connectivity index (χ0) is 26.2. The molecule has 1 aliphatic heterocycles. The molecule has 0 saturated heterocycles. The van der Waals surface area contributed by atoms with E-state index in [1.165, 1.54) is 42.4 Å². The molecule has 0 unspecified atom stereocenters. The van der Waals surface area contributed by atoms with Crippen LogP contribution >= 0.6 is 0 Å². The average molecular weight is 500 g/mol. The first-order valence-electron chi connectivity index (χ1n) is 13.8. The number of hydrogen-bond donors (Lipinski definition) is 1. The highest BCUT2D eigenvalue weighted by molar-refractivity contribution is 5.80. The van der Waals surface area contributed by atoms with Gasteiger partial charge in [0.25, 0.3) is 0 Å². The number of unbranched alkanes of at least 4 members (excludes halogenated alkanes) is 4. The molecule has 192 valence electrons. The normalized spacial score (nSPS) is 12.5. The number of hydrogen-bond acceptors (Lipinski definition) is 2. The zero-order valence-electron chi connectivity index (χ0n) is 22.2. The van der Waals surface area contributed by atoms with Gasteiger partial charge in [-0.05, 0) is 47.9 Å². The molecular formula is C35H37N3. The standard InChI is InChI=1S/C35H37N3/c1-3-4-5-6-7-10-16-28-19-15-20-30(23-28)25-32-27(2)38-26-34(31-21-13-9-14-22-31)36-33(35(38)37-32)24-29-17-11-8-12-18-29/h3,8-9,11-15,17-23,26,36H,1-2,4-7,10,16,24-25H2. The van der Waals surface area contributed by atoms with Gasteiger partial charge in [-0.25, -0.2) is 4.98 Å². The second kappa shape index (κ2) is 12.4. The monoisotopic (exact) mass is 499 g/mol. The van der Waals surface area contributed by atoms with E-state index in [-0.39, 0.29) is 0 Å². The molecule has 38 heavy (non-hydrogen) atoms. The third-order valence-electron chi connectivity index (χ3n) is 7.20. The van der Waals surface area contributed by atoms with Crippen LogP contribution in [0.5, 0.6) is 0 Å². The van der Waals surface area contributed by atoms with Crippen LogP contribution in [0.25, 0.3) is 24.2 Å². The van der Waals surface area contributed by atoms with E-state index in [0.717, 1.165) is 59.2 Å². The molecule has 1 aromatic heterocycles. The van der Waals surface area contributed by atoms with Gasteiger partial charge in [0.1, 0.15) is 0 Å². The lowest BCUT2D eigenvalue weighted by molar-refractivity contribution is 0.646. The largest absolute Gasteiger partial charge is 0.354 e. The summed E-state index contributed by atoms with van der Waals surface area (Å²) in [6.07, 6.45) is 13.0. The summed E-state index contributed by atoms with van der Waals surface area (Å²) < 4.78 is 2.17. The van der Waals surface area contributed by atoms with Crippen molar-refractivity contribution in [2.45, 2.75) is 51.4 Å². The van der Waals surface area contributed by atoms with Gasteiger partial charge in [-0.2, -0.15) is 0 Å². The van der Waals surface area contributed by atoms with E-state index in [1.54, 1.807) is 0 Å². The number of allylic oxidation sites excluding steroid dienone is 1. The van der Waals surface area contributed by atoms with Crippen molar-refractivity contribution in [3.63, 3.8) is 0 Å². The van der Waals surface area contributed by atoms with E-state index in [9.17, 15) is 0 Å². The van der Waals surface area contributed by atoms with E-state index in [0.29, 0.717) is 0 Å². The Balaban J connectivity index is 1.41. The minimum Gasteiger partial charge on any atom is -0.354 e. The maximum absolute atomic E-state index is 5.13. The zero-order valence-corrected chi connectivity index (χ0v) is 22.2. The Morgan fingerprint density at radius 2 is 1.47 bits per heavy atom. The molecule has 3 aromatic carbocycles. The number of imidazole rings is 1. The minimum atomic E-state index is 0.777. The maximum atomic E-state index is 5.13. The van der Waals surface area contributed by atoms with Gasteiger partial charge in [0.15, 0.2) is 5.48 Å². The van der Waals surface area contributed by atoms with Gasteiger partial charge in [-0.3, -0.25) is 4.57 Å². The van der Waals surface area contributed by atoms with Gasteiger partial charge in [0.2, 0.25) is 0 Å². The van der Waals surface area contributed by atoms with E-state index in [4.69, 9.17) is 4.98 Å². The van der Waals surface area contributed by atoms with E-state index in [2.05, 4.69) is 108 Å². The van der Waals surface area contributed by atoms with Crippen molar-refractivity contribution >= 4 is 24.2 Å². The fraction of sp³-hybridized carbons (Fsp3) is 0.229. The van der Waals surface area contributed by atoms with E-state index < -0.39 is 0 Å². The van der Waals surface area contributed by atoms with Crippen LogP contribution in [0.2, 0.25) is 0 Å². The second-order valence-electron chi connectivity index (χ2n) is 10.1. The molecule has 0 bridgehead atoms. The van der Waals surface area contributed by atoms with E-state index >= 15 is 0 Å². The molecule has 0 aliphatic carbocycles. The van der Waals surface area contributed by atoms with Gasteiger partial charge < -0.3 is 5.32 Å². The van der Waals surface area contributed by atoms with Crippen molar-refractivity contribution in [2.75, 3.05) is 0 Å². The molecule has 1 N–H and O–H groups in total. The predicted octanol–water partition coefficient (Wildman–Crippen LogP) is 6.47. The number of rotatable bonds is 12. The molecule has 2 heterocycles. The van der Waals surface area contributed by atoms with Crippen molar-refractivity contribution in [1.82, 2.24) is 14.9 Å². The van der Waals surface area contributed by atoms with Crippen LogP contribution in [0, 0.1) is 0 Å². The number of aromatic nitrogens is 2. The van der Waals surface area contributed by atoms with Gasteiger partial charge in [-0.15, -0.1) is 6.58 Å². The fourth-order valence-electron chi connectivity index (χ4n) is 5.13. The highest BCUT2D eigenvalue weighted by Gasteiger charge is 2.17. The summed E-state index contributed by atoms with van der Waals surface area (Å²) in [7, 11) is 0. The predicted molar refractivity (Wildman–Crippen MR) is 161 cm³/mol. The van der Waals surface area contributed by atoms with Crippen LogP contribution in [0.1, 0.15) is 60.1 Å². The summed E-state index contributed by atoms with van der Waals surface area (Å²) in [5, 5.41) is 4.64. The Kier molecular flexibility index (Phi) is 8.35. The van der Waals surface area contributed by atoms with Crippen molar-refractivity contribution in [3.05, 3.63) is 136 Å². The molecule has 0 amide bonds. The van der Waals surface area contributed by atoms with Crippen LogP contribution in [0.15, 0.2) is 97.6 Å². The minimum absolute atomic E-state index is 0.777. The second-order valence-corrected chi connectivity index (χ2v) is 10.1. The van der Waals surface area contributed by atoms with Crippen molar-refractivity contribution in [2.24, 2.45) is 0 Å². The SMILES string of the molecule is C=CCCCCCCc1cccc(Cc2nc3n(c2=C)C=C(c2ccccc2)NC=3Cc2ccccc2)c1. The summed E-state index contributed by atoms with van der Waals surface area (Å²) in [6.45, 7) is 8.29. The molecule has 5 rings (SSSR count). The number of nitrogens with one attached hydrogen (secondary N) is 1. The van der Waals surface area contributed by atoms with Gasteiger partial charge in [0, 0.05) is 19.0 Å². The molecular weight excluding hydrogens is 462 g/mol. The van der Waals surface area contributed by atoms with Gasteiger partial charge >= 0.3 is 0 Å². The smallest absolute Gasteiger partial charge is 0.157 e. The van der Waals surface area contributed by atoms with Crippen LogP contribution < -0.4 is 16.1 Å². The summed E-state index contributed by atoms with van der Waals surface area (Å²) in [5.41, 5.74) is 9.23. The highest BCUT2D eigenvalue weighted by Crippen LogP contribution is 2.19. The van der Waals surface area contributed by atoms with Crippen LogP contribution in [-0.4, -0.2) is 9.55 Å². The Morgan fingerprint density at radius 3 is 2.26 bits per heavy atom. The molecule has 0 fully saturated rings. The van der Waals surface area contributed by atoms with Crippen molar-refractivity contribution < 1.29 is 0 Å². The summed E-state index contributed by atoms with van der Waals surface area (Å²) in [5.74, 6) is 0. The molecule has 3 nitrogen and oxygen atoms in total. The molecule has 0 saturated carbocycles. The quantitative estimate of drug-likeness (QED) is 0.179. The van der Waals surface area contributed by atoms with Crippen LogP contribution in [-0.2, 0) is 19.3 Å². The summed E-state index contributed by atoms with van der Waals surface area (Å²) in [6, 6.07) is 30.0. The number of aryl methyl sites for hydroxylation is 1. The number of benzene rings is 3. The molecule has 0 atom stereocenters. The van der Waals surface area contributed by atoms with Gasteiger partial charge in [0.05, 0.1) is 22.4 Å². The third-order valence-corrected chi connectivity index (χ3v) is 7.20. The Labute approximate surface area is 226 Å². The Hall–Kier alpha value is -4.11. The highest BCUT2D eigenvalue weighted by atomic mass is 15.1. The van der Waals surface area contributed by atoms with E-state index in [1.807, 2.05) is 12.1 Å². The van der Waals surface area contributed by atoms with Crippen LogP contribution in [0.4, 0.5) is 0 Å². The molecule has 1 aliphatic rings. The van der Waals surface area contributed by atoms with Crippen molar-refractivity contribution in [1.29, 1.82) is 0 Å². The lowest BCUT2D eigenvalue weighted by atomic mass is 10.0. The van der Waals surface area contributed by atoms with Gasteiger partial charge in [-0.1, -0.05) is 110 Å². The third kappa shape index (κ3) is 6.23. The maximum Gasteiger partial charge on any atom is 0.157 e. The Morgan fingerprint density at radius 1 is 0.763 bits per heavy atom. The summed E-state index contributed by atoms with van der Waals surface area (Å²) in [4.78, 5) is 5.13. The first kappa shape index (κ1) is 25.5. The topological polar surface area (TPSA) is 29.9 Å². The number of nitrogens with zero attached hydrogens (tertiary/aromatic N) is 2. The van der Waals surface area contributed by atoms with Crippen LogP contribution in [0.3, 0.4) is 0 Å². The first-order valence-corrected chi connectivity index (χ1v) is 13.8. The lowest BCUT2D eigenvalue weighted by Gasteiger charge is -2.19. The molecule has 4 aromatic rings. The van der Waals surface area contributed by atoms with Crippen molar-refractivity contribution in [3.8, 4) is 0 Å². The number of fused-ring (bicyclic) bond motifs is 1. The lowest BCUT2D eigenvalue weighted by Crippen LogP contribution is -2.35. The Bertz CT molecular complexity index is 1510. The summed E-state index contributed by atoms with van der Waals surface area (Å²) >= 11 is 0. The average Bonchev–Trinajstić information content (AvgIpc) is 3.27. The fourth-order valence-corrected chi connectivity index (χ4v) is 5.13. The molecule has 3 heteroatoms. The molecule has 0 spiro atoms. The molecule has 0 radical (unpaired) electrons.